The first kappa shape index (κ1) is 14.6. The van der Waals surface area contributed by atoms with Crippen molar-refractivity contribution in [1.29, 1.82) is 0 Å². The van der Waals surface area contributed by atoms with Crippen LogP contribution in [0.15, 0.2) is 35.1 Å². The van der Waals surface area contributed by atoms with Gasteiger partial charge in [-0.3, -0.25) is 4.79 Å². The van der Waals surface area contributed by atoms with Crippen LogP contribution in [0.3, 0.4) is 0 Å². The fraction of sp³-hybridized carbons (Fsp3) is 0.438. The number of rotatable bonds is 4. The molecule has 0 spiro atoms. The Morgan fingerprint density at radius 2 is 2.41 bits per heavy atom. The lowest BCUT2D eigenvalue weighted by Gasteiger charge is -2.32. The van der Waals surface area contributed by atoms with Crippen LogP contribution in [0.2, 0.25) is 0 Å². The number of nitrogens with one attached hydrogen (secondary N) is 1. The fourth-order valence-electron chi connectivity index (χ4n) is 2.69. The van der Waals surface area contributed by atoms with Crippen molar-refractivity contribution in [3.8, 4) is 0 Å². The van der Waals surface area contributed by atoms with Crippen molar-refractivity contribution in [2.24, 2.45) is 5.92 Å². The Balaban J connectivity index is 1.59. The molecule has 1 aliphatic rings. The Kier molecular flexibility index (Phi) is 4.37. The van der Waals surface area contributed by atoms with Crippen LogP contribution in [-0.2, 0) is 11.3 Å². The Morgan fingerprint density at radius 1 is 1.50 bits per heavy atom. The highest BCUT2D eigenvalue weighted by Gasteiger charge is 2.27. The van der Waals surface area contributed by atoms with Gasteiger partial charge in [0.1, 0.15) is 5.76 Å². The maximum atomic E-state index is 12.3. The summed E-state index contributed by atoms with van der Waals surface area (Å²) in [6.07, 6.45) is 5.24. The Bertz CT molecular complexity index is 627. The van der Waals surface area contributed by atoms with E-state index in [4.69, 9.17) is 4.42 Å². The smallest absolute Gasteiger partial charge is 0.225 e. The first-order valence-corrected chi connectivity index (χ1v) is 7.57. The SMILES string of the molecule is Cc1ccnc(N2CCCC(C(=O)NCc3ccco3)C2)n1. The van der Waals surface area contributed by atoms with E-state index >= 15 is 0 Å². The number of aryl methyl sites for hydroxylation is 1. The van der Waals surface area contributed by atoms with Crippen LogP contribution in [0, 0.1) is 12.8 Å². The van der Waals surface area contributed by atoms with Gasteiger partial charge in [0.15, 0.2) is 0 Å². The van der Waals surface area contributed by atoms with Gasteiger partial charge < -0.3 is 14.6 Å². The predicted octanol–water partition coefficient (Wildman–Crippen LogP) is 1.91. The zero-order valence-corrected chi connectivity index (χ0v) is 12.7. The predicted molar refractivity (Wildman–Crippen MR) is 82.3 cm³/mol. The number of amides is 1. The molecule has 6 nitrogen and oxygen atoms in total. The lowest BCUT2D eigenvalue weighted by molar-refractivity contribution is -0.125. The Labute approximate surface area is 129 Å². The molecule has 116 valence electrons. The number of aromatic nitrogens is 2. The zero-order valence-electron chi connectivity index (χ0n) is 12.7. The summed E-state index contributed by atoms with van der Waals surface area (Å²) in [5.41, 5.74) is 0.939. The summed E-state index contributed by atoms with van der Waals surface area (Å²) in [5.74, 6) is 1.51. The van der Waals surface area contributed by atoms with E-state index in [-0.39, 0.29) is 11.8 Å². The molecule has 0 saturated carbocycles. The maximum Gasteiger partial charge on any atom is 0.225 e. The molecule has 1 atom stereocenters. The molecule has 2 aromatic rings. The summed E-state index contributed by atoms with van der Waals surface area (Å²) in [7, 11) is 0. The van der Waals surface area contributed by atoms with Crippen LogP contribution in [0.5, 0.6) is 0 Å². The molecule has 22 heavy (non-hydrogen) atoms. The second-order valence-electron chi connectivity index (χ2n) is 5.58. The number of piperidine rings is 1. The third kappa shape index (κ3) is 3.44. The van der Waals surface area contributed by atoms with E-state index < -0.39 is 0 Å². The van der Waals surface area contributed by atoms with Crippen molar-refractivity contribution in [2.75, 3.05) is 18.0 Å². The molecule has 0 aliphatic carbocycles. The third-order valence-corrected chi connectivity index (χ3v) is 3.87. The number of furan rings is 1. The standard InChI is InChI=1S/C16H20N4O2/c1-12-6-7-17-16(19-12)20-8-2-4-13(11-20)15(21)18-10-14-5-3-9-22-14/h3,5-7,9,13H,2,4,8,10-11H2,1H3,(H,18,21). The normalized spacial score (nSPS) is 18.2. The summed E-state index contributed by atoms with van der Waals surface area (Å²) in [5, 5.41) is 2.94. The minimum absolute atomic E-state index is 0.0344. The van der Waals surface area contributed by atoms with Gasteiger partial charge in [0.05, 0.1) is 18.7 Å². The van der Waals surface area contributed by atoms with Gasteiger partial charge in [-0.05, 0) is 38.0 Å². The molecular weight excluding hydrogens is 280 g/mol. The Hall–Kier alpha value is -2.37. The molecule has 3 rings (SSSR count). The van der Waals surface area contributed by atoms with Gasteiger partial charge in [-0.15, -0.1) is 0 Å². The molecule has 0 bridgehead atoms. The molecule has 1 amide bonds. The van der Waals surface area contributed by atoms with Crippen molar-refractivity contribution in [3.63, 3.8) is 0 Å². The first-order valence-electron chi connectivity index (χ1n) is 7.57. The monoisotopic (exact) mass is 300 g/mol. The van der Waals surface area contributed by atoms with Gasteiger partial charge in [-0.1, -0.05) is 0 Å². The molecule has 6 heteroatoms. The molecular formula is C16H20N4O2. The quantitative estimate of drug-likeness (QED) is 0.934. The van der Waals surface area contributed by atoms with E-state index in [0.717, 1.165) is 30.8 Å². The number of anilines is 1. The summed E-state index contributed by atoms with van der Waals surface area (Å²) < 4.78 is 5.23. The Morgan fingerprint density at radius 3 is 3.18 bits per heavy atom. The van der Waals surface area contributed by atoms with Crippen molar-refractivity contribution < 1.29 is 9.21 Å². The molecule has 1 unspecified atom stereocenters. The average molecular weight is 300 g/mol. The number of hydrogen-bond acceptors (Lipinski definition) is 5. The molecule has 1 saturated heterocycles. The van der Waals surface area contributed by atoms with E-state index in [0.29, 0.717) is 19.0 Å². The van der Waals surface area contributed by atoms with Crippen LogP contribution < -0.4 is 10.2 Å². The van der Waals surface area contributed by atoms with E-state index in [1.165, 1.54) is 0 Å². The molecule has 0 radical (unpaired) electrons. The van der Waals surface area contributed by atoms with E-state index in [1.807, 2.05) is 25.1 Å². The largest absolute Gasteiger partial charge is 0.467 e. The van der Waals surface area contributed by atoms with Crippen molar-refractivity contribution in [2.45, 2.75) is 26.3 Å². The third-order valence-electron chi connectivity index (χ3n) is 3.87. The minimum Gasteiger partial charge on any atom is -0.467 e. The van der Waals surface area contributed by atoms with Crippen molar-refractivity contribution >= 4 is 11.9 Å². The lowest BCUT2D eigenvalue weighted by atomic mass is 9.97. The number of nitrogens with zero attached hydrogens (tertiary/aromatic N) is 3. The highest BCUT2D eigenvalue weighted by molar-refractivity contribution is 5.79. The average Bonchev–Trinajstić information content (AvgIpc) is 3.06. The van der Waals surface area contributed by atoms with Gasteiger partial charge in [0.2, 0.25) is 11.9 Å². The number of carbonyl (C=O) groups excluding carboxylic acids is 1. The van der Waals surface area contributed by atoms with Gasteiger partial charge in [0, 0.05) is 25.0 Å². The second kappa shape index (κ2) is 6.60. The van der Waals surface area contributed by atoms with Crippen LogP contribution in [0.4, 0.5) is 5.95 Å². The van der Waals surface area contributed by atoms with E-state index in [2.05, 4.69) is 20.2 Å². The molecule has 1 fully saturated rings. The summed E-state index contributed by atoms with van der Waals surface area (Å²) in [6.45, 7) is 3.94. The topological polar surface area (TPSA) is 71.3 Å². The van der Waals surface area contributed by atoms with Crippen molar-refractivity contribution in [1.82, 2.24) is 15.3 Å². The summed E-state index contributed by atoms with van der Waals surface area (Å²) in [4.78, 5) is 23.2. The van der Waals surface area contributed by atoms with Crippen LogP contribution in [-0.4, -0.2) is 29.0 Å². The van der Waals surface area contributed by atoms with Gasteiger partial charge >= 0.3 is 0 Å². The minimum atomic E-state index is -0.0344. The fourth-order valence-corrected chi connectivity index (χ4v) is 2.69. The lowest BCUT2D eigenvalue weighted by Crippen LogP contribution is -2.43. The van der Waals surface area contributed by atoms with E-state index in [1.54, 1.807) is 12.5 Å². The first-order chi connectivity index (χ1) is 10.7. The zero-order chi connectivity index (χ0) is 15.4. The maximum absolute atomic E-state index is 12.3. The number of carbonyl (C=O) groups is 1. The molecule has 3 heterocycles. The highest BCUT2D eigenvalue weighted by Crippen LogP contribution is 2.20. The molecule has 2 aromatic heterocycles. The van der Waals surface area contributed by atoms with Crippen LogP contribution >= 0.6 is 0 Å². The molecule has 0 aromatic carbocycles. The van der Waals surface area contributed by atoms with Gasteiger partial charge in [-0.2, -0.15) is 0 Å². The van der Waals surface area contributed by atoms with Gasteiger partial charge in [0.25, 0.3) is 0 Å². The van der Waals surface area contributed by atoms with Crippen LogP contribution in [0.25, 0.3) is 0 Å². The molecule has 1 N–H and O–H groups in total. The molecule has 1 aliphatic heterocycles. The van der Waals surface area contributed by atoms with Crippen LogP contribution in [0.1, 0.15) is 24.3 Å². The highest BCUT2D eigenvalue weighted by atomic mass is 16.3. The van der Waals surface area contributed by atoms with E-state index in [9.17, 15) is 4.79 Å². The number of hydrogen-bond donors (Lipinski definition) is 1. The van der Waals surface area contributed by atoms with Gasteiger partial charge in [-0.25, -0.2) is 9.97 Å². The van der Waals surface area contributed by atoms with Crippen molar-refractivity contribution in [3.05, 3.63) is 42.1 Å². The second-order valence-corrected chi connectivity index (χ2v) is 5.58. The summed E-state index contributed by atoms with van der Waals surface area (Å²) in [6, 6.07) is 5.55. The summed E-state index contributed by atoms with van der Waals surface area (Å²) >= 11 is 0.